The number of fused-ring (bicyclic) bond motifs is 3. The first kappa shape index (κ1) is 18.9. The predicted molar refractivity (Wildman–Crippen MR) is 135 cm³/mol. The molecule has 152 valence electrons. The first-order valence-corrected chi connectivity index (χ1v) is 11.0. The zero-order chi connectivity index (χ0) is 21.5. The number of hydrogen-bond acceptors (Lipinski definition) is 1. The highest BCUT2D eigenvalue weighted by molar-refractivity contribution is 6.31. The van der Waals surface area contributed by atoms with Gasteiger partial charge in [-0.1, -0.05) is 96.5 Å². The number of halogens is 1. The molecule has 0 atom stereocenters. The molecule has 0 saturated heterocycles. The van der Waals surface area contributed by atoms with E-state index < -0.39 is 0 Å². The van der Waals surface area contributed by atoms with Gasteiger partial charge in [0.15, 0.2) is 0 Å². The van der Waals surface area contributed by atoms with Crippen LogP contribution in [0, 0.1) is 0 Å². The van der Waals surface area contributed by atoms with Crippen LogP contribution >= 0.6 is 11.6 Å². The maximum atomic E-state index is 6.27. The summed E-state index contributed by atoms with van der Waals surface area (Å²) in [7, 11) is 0. The Morgan fingerprint density at radius 2 is 1.06 bits per heavy atom. The summed E-state index contributed by atoms with van der Waals surface area (Å²) in [6.45, 7) is 0. The standard InChI is InChI=1S/C30H19ClO/c31-25-15-16-26-28(19-25)32-29-18-24(21-9-5-2-6-10-21)17-27(30(26)29)23-13-11-22(12-14-23)20-7-3-1-4-8-20/h1-19H. The lowest BCUT2D eigenvalue weighted by molar-refractivity contribution is 0.669. The molecule has 0 unspecified atom stereocenters. The molecule has 0 saturated carbocycles. The van der Waals surface area contributed by atoms with E-state index in [9.17, 15) is 0 Å². The average Bonchev–Trinajstić information content (AvgIpc) is 3.22. The summed E-state index contributed by atoms with van der Waals surface area (Å²) in [6.07, 6.45) is 0. The third-order valence-electron chi connectivity index (χ3n) is 5.95. The van der Waals surface area contributed by atoms with Crippen molar-refractivity contribution in [2.75, 3.05) is 0 Å². The second kappa shape index (κ2) is 7.71. The number of hydrogen-bond donors (Lipinski definition) is 0. The first-order chi connectivity index (χ1) is 15.8. The van der Waals surface area contributed by atoms with Gasteiger partial charge in [-0.15, -0.1) is 0 Å². The Balaban J connectivity index is 1.59. The number of furan rings is 1. The van der Waals surface area contributed by atoms with E-state index in [0.29, 0.717) is 5.02 Å². The summed E-state index contributed by atoms with van der Waals surface area (Å²) in [5.74, 6) is 0. The summed E-state index contributed by atoms with van der Waals surface area (Å²) in [5.41, 5.74) is 8.69. The van der Waals surface area contributed by atoms with Crippen LogP contribution in [-0.2, 0) is 0 Å². The molecule has 1 nitrogen and oxygen atoms in total. The van der Waals surface area contributed by atoms with Gasteiger partial charge in [0, 0.05) is 21.9 Å². The Morgan fingerprint density at radius 1 is 0.469 bits per heavy atom. The maximum Gasteiger partial charge on any atom is 0.136 e. The third kappa shape index (κ3) is 3.28. The fourth-order valence-electron chi connectivity index (χ4n) is 4.38. The van der Waals surface area contributed by atoms with Crippen molar-refractivity contribution in [3.63, 3.8) is 0 Å². The molecule has 0 spiro atoms. The minimum Gasteiger partial charge on any atom is -0.456 e. The minimum absolute atomic E-state index is 0.675. The van der Waals surface area contributed by atoms with Crippen LogP contribution in [0.25, 0.3) is 55.3 Å². The second-order valence-electron chi connectivity index (χ2n) is 7.95. The van der Waals surface area contributed by atoms with Gasteiger partial charge in [-0.05, 0) is 57.6 Å². The van der Waals surface area contributed by atoms with Crippen LogP contribution < -0.4 is 0 Å². The molecule has 6 aromatic rings. The van der Waals surface area contributed by atoms with E-state index in [1.54, 1.807) is 0 Å². The van der Waals surface area contributed by atoms with Crippen molar-refractivity contribution < 1.29 is 4.42 Å². The van der Waals surface area contributed by atoms with Gasteiger partial charge in [0.1, 0.15) is 11.2 Å². The van der Waals surface area contributed by atoms with Crippen molar-refractivity contribution in [2.45, 2.75) is 0 Å². The van der Waals surface area contributed by atoms with Gasteiger partial charge in [0.05, 0.1) is 0 Å². The van der Waals surface area contributed by atoms with Crippen LogP contribution in [0.4, 0.5) is 0 Å². The summed E-state index contributed by atoms with van der Waals surface area (Å²) in [6, 6.07) is 39.9. The van der Waals surface area contributed by atoms with E-state index in [0.717, 1.165) is 44.2 Å². The van der Waals surface area contributed by atoms with E-state index in [2.05, 4.69) is 84.9 Å². The van der Waals surface area contributed by atoms with Crippen molar-refractivity contribution in [1.29, 1.82) is 0 Å². The Hall–Kier alpha value is -3.81. The Labute approximate surface area is 191 Å². The van der Waals surface area contributed by atoms with E-state index >= 15 is 0 Å². The van der Waals surface area contributed by atoms with Crippen LogP contribution in [0.1, 0.15) is 0 Å². The van der Waals surface area contributed by atoms with Gasteiger partial charge >= 0.3 is 0 Å². The topological polar surface area (TPSA) is 13.1 Å². The molecule has 0 bridgehead atoms. The van der Waals surface area contributed by atoms with Crippen molar-refractivity contribution >= 4 is 33.5 Å². The van der Waals surface area contributed by atoms with Gasteiger partial charge in [0.2, 0.25) is 0 Å². The molecule has 0 amide bonds. The monoisotopic (exact) mass is 430 g/mol. The third-order valence-corrected chi connectivity index (χ3v) is 6.18. The molecule has 0 fully saturated rings. The Bertz CT molecular complexity index is 1550. The smallest absolute Gasteiger partial charge is 0.136 e. The second-order valence-corrected chi connectivity index (χ2v) is 8.39. The van der Waals surface area contributed by atoms with Crippen molar-refractivity contribution in [1.82, 2.24) is 0 Å². The molecule has 1 aromatic heterocycles. The molecule has 32 heavy (non-hydrogen) atoms. The predicted octanol–water partition coefficient (Wildman–Crippen LogP) is 9.24. The van der Waals surface area contributed by atoms with E-state index in [1.807, 2.05) is 30.3 Å². The molecule has 0 aliphatic rings. The highest BCUT2D eigenvalue weighted by Crippen LogP contribution is 2.41. The normalized spacial score (nSPS) is 11.3. The number of rotatable bonds is 3. The zero-order valence-corrected chi connectivity index (χ0v) is 18.0. The molecule has 0 aliphatic carbocycles. The van der Waals surface area contributed by atoms with E-state index in [1.165, 1.54) is 11.1 Å². The molecule has 0 radical (unpaired) electrons. The molecular formula is C30H19ClO. The highest BCUT2D eigenvalue weighted by atomic mass is 35.5. The quantitative estimate of drug-likeness (QED) is 0.272. The van der Waals surface area contributed by atoms with E-state index in [4.69, 9.17) is 16.0 Å². The van der Waals surface area contributed by atoms with Gasteiger partial charge < -0.3 is 4.42 Å². The summed E-state index contributed by atoms with van der Waals surface area (Å²) >= 11 is 6.25. The van der Waals surface area contributed by atoms with Crippen LogP contribution in [0.3, 0.4) is 0 Å². The first-order valence-electron chi connectivity index (χ1n) is 10.6. The van der Waals surface area contributed by atoms with Crippen molar-refractivity contribution in [2.24, 2.45) is 0 Å². The molecule has 5 aromatic carbocycles. The Kier molecular flexibility index (Phi) is 4.56. The van der Waals surface area contributed by atoms with Gasteiger partial charge in [-0.2, -0.15) is 0 Å². The van der Waals surface area contributed by atoms with Gasteiger partial charge in [-0.25, -0.2) is 0 Å². The largest absolute Gasteiger partial charge is 0.456 e. The molecule has 0 aliphatic heterocycles. The van der Waals surface area contributed by atoms with Crippen molar-refractivity contribution in [3.05, 3.63) is 120 Å². The Morgan fingerprint density at radius 3 is 1.75 bits per heavy atom. The molecule has 2 heteroatoms. The highest BCUT2D eigenvalue weighted by Gasteiger charge is 2.15. The minimum atomic E-state index is 0.675. The van der Waals surface area contributed by atoms with Gasteiger partial charge in [-0.3, -0.25) is 0 Å². The molecular weight excluding hydrogens is 412 g/mol. The van der Waals surface area contributed by atoms with Crippen molar-refractivity contribution in [3.8, 4) is 33.4 Å². The van der Waals surface area contributed by atoms with Gasteiger partial charge in [0.25, 0.3) is 0 Å². The average molecular weight is 431 g/mol. The molecule has 1 heterocycles. The summed E-state index contributed by atoms with van der Waals surface area (Å²) in [5, 5.41) is 2.86. The molecule has 6 rings (SSSR count). The van der Waals surface area contributed by atoms with Crippen LogP contribution in [0.2, 0.25) is 5.02 Å². The molecule has 0 N–H and O–H groups in total. The lowest BCUT2D eigenvalue weighted by atomic mass is 9.93. The SMILES string of the molecule is Clc1ccc2c(c1)oc1cc(-c3ccccc3)cc(-c3ccc(-c4ccccc4)cc3)c12. The summed E-state index contributed by atoms with van der Waals surface area (Å²) < 4.78 is 6.27. The fraction of sp³-hybridized carbons (Fsp3) is 0. The lowest BCUT2D eigenvalue weighted by Crippen LogP contribution is -1.85. The van der Waals surface area contributed by atoms with Crippen LogP contribution in [0.15, 0.2) is 120 Å². The fourth-order valence-corrected chi connectivity index (χ4v) is 4.54. The van der Waals surface area contributed by atoms with E-state index in [-0.39, 0.29) is 0 Å². The summed E-state index contributed by atoms with van der Waals surface area (Å²) in [4.78, 5) is 0. The van der Waals surface area contributed by atoms with Crippen LogP contribution in [-0.4, -0.2) is 0 Å². The lowest BCUT2D eigenvalue weighted by Gasteiger charge is -2.10. The zero-order valence-electron chi connectivity index (χ0n) is 17.3. The van der Waals surface area contributed by atoms with Crippen LogP contribution in [0.5, 0.6) is 0 Å². The number of benzene rings is 5. The maximum absolute atomic E-state index is 6.27.